The van der Waals surface area contributed by atoms with Crippen LogP contribution < -0.4 is 0 Å². The molecule has 1 heterocycles. The first-order chi connectivity index (χ1) is 6.02. The van der Waals surface area contributed by atoms with E-state index in [9.17, 15) is 4.79 Å². The number of carboxylic acids is 1. The van der Waals surface area contributed by atoms with E-state index in [2.05, 4.69) is 9.97 Å². The third-order valence-electron chi connectivity index (χ3n) is 1.76. The van der Waals surface area contributed by atoms with Gasteiger partial charge < -0.3 is 5.11 Å². The van der Waals surface area contributed by atoms with Crippen molar-refractivity contribution >= 4 is 5.97 Å². The second-order valence-electron chi connectivity index (χ2n) is 3.53. The Morgan fingerprint density at radius 1 is 1.46 bits per heavy atom. The van der Waals surface area contributed by atoms with E-state index in [-0.39, 0.29) is 6.42 Å². The van der Waals surface area contributed by atoms with Crippen LogP contribution in [0.25, 0.3) is 0 Å². The highest BCUT2D eigenvalue weighted by atomic mass is 16.4. The van der Waals surface area contributed by atoms with E-state index in [4.69, 9.17) is 5.11 Å². The van der Waals surface area contributed by atoms with Crippen molar-refractivity contribution < 1.29 is 9.90 Å². The van der Waals surface area contributed by atoms with Gasteiger partial charge in [-0.15, -0.1) is 0 Å². The molecule has 0 spiro atoms. The minimum atomic E-state index is -0.836. The third kappa shape index (κ3) is 2.50. The van der Waals surface area contributed by atoms with Crippen molar-refractivity contribution in [1.82, 2.24) is 9.97 Å². The number of aliphatic carboxylic acids is 1. The summed E-state index contributed by atoms with van der Waals surface area (Å²) in [6.45, 7) is 3.63. The van der Waals surface area contributed by atoms with Crippen LogP contribution in [-0.4, -0.2) is 21.0 Å². The van der Waals surface area contributed by atoms with Crippen molar-refractivity contribution in [3.05, 3.63) is 24.3 Å². The molecule has 0 aliphatic heterocycles. The van der Waals surface area contributed by atoms with Crippen LogP contribution in [0.4, 0.5) is 0 Å². The Morgan fingerprint density at radius 3 is 2.46 bits per heavy atom. The molecule has 4 nitrogen and oxygen atoms in total. The molecule has 4 heteroatoms. The van der Waals surface area contributed by atoms with Gasteiger partial charge >= 0.3 is 5.97 Å². The van der Waals surface area contributed by atoms with Crippen molar-refractivity contribution in [2.75, 3.05) is 0 Å². The lowest BCUT2D eigenvalue weighted by molar-refractivity contribution is -0.138. The van der Waals surface area contributed by atoms with Crippen LogP contribution in [0.2, 0.25) is 0 Å². The zero-order chi connectivity index (χ0) is 9.90. The van der Waals surface area contributed by atoms with Crippen LogP contribution in [-0.2, 0) is 10.2 Å². The van der Waals surface area contributed by atoms with E-state index in [1.54, 1.807) is 18.5 Å². The number of hydrogen-bond donors (Lipinski definition) is 1. The van der Waals surface area contributed by atoms with E-state index in [1.165, 1.54) is 0 Å². The standard InChI is InChI=1S/C9H12N2O2/c1-9(2,6-7(12)13)8-10-4-3-5-11-8/h3-5H,6H2,1-2H3,(H,12,13). The highest BCUT2D eigenvalue weighted by molar-refractivity contribution is 5.68. The number of nitrogens with zero attached hydrogens (tertiary/aromatic N) is 2. The summed E-state index contributed by atoms with van der Waals surface area (Å²) in [7, 11) is 0. The smallest absolute Gasteiger partial charge is 0.304 e. The minimum Gasteiger partial charge on any atom is -0.481 e. The van der Waals surface area contributed by atoms with Gasteiger partial charge in [0.05, 0.1) is 6.42 Å². The van der Waals surface area contributed by atoms with Gasteiger partial charge in [0.2, 0.25) is 0 Å². The second-order valence-corrected chi connectivity index (χ2v) is 3.53. The van der Waals surface area contributed by atoms with Gasteiger partial charge in [-0.3, -0.25) is 4.79 Å². The molecule has 1 aromatic heterocycles. The predicted octanol–water partition coefficient (Wildman–Crippen LogP) is 1.23. The molecule has 1 rings (SSSR count). The lowest BCUT2D eigenvalue weighted by Crippen LogP contribution is -2.24. The van der Waals surface area contributed by atoms with Crippen LogP contribution in [0.15, 0.2) is 18.5 Å². The van der Waals surface area contributed by atoms with Crippen LogP contribution in [0.3, 0.4) is 0 Å². The van der Waals surface area contributed by atoms with E-state index in [0.717, 1.165) is 0 Å². The Kier molecular flexibility index (Phi) is 2.60. The Balaban J connectivity index is 2.87. The fraction of sp³-hybridized carbons (Fsp3) is 0.444. The molecule has 13 heavy (non-hydrogen) atoms. The summed E-state index contributed by atoms with van der Waals surface area (Å²) >= 11 is 0. The topological polar surface area (TPSA) is 63.1 Å². The zero-order valence-corrected chi connectivity index (χ0v) is 7.69. The van der Waals surface area contributed by atoms with Gasteiger partial charge in [-0.2, -0.15) is 0 Å². The molecule has 0 fully saturated rings. The summed E-state index contributed by atoms with van der Waals surface area (Å²) < 4.78 is 0. The van der Waals surface area contributed by atoms with Gasteiger partial charge in [0.15, 0.2) is 0 Å². The van der Waals surface area contributed by atoms with Crippen molar-refractivity contribution in [2.24, 2.45) is 0 Å². The van der Waals surface area contributed by atoms with Crippen molar-refractivity contribution in [3.63, 3.8) is 0 Å². The molecular formula is C9H12N2O2. The zero-order valence-electron chi connectivity index (χ0n) is 7.69. The molecule has 0 amide bonds. The Bertz CT molecular complexity index is 296. The summed E-state index contributed by atoms with van der Waals surface area (Å²) in [5, 5.41) is 8.65. The van der Waals surface area contributed by atoms with Gasteiger partial charge in [0, 0.05) is 17.8 Å². The minimum absolute atomic E-state index is 0.0387. The van der Waals surface area contributed by atoms with Crippen LogP contribution in [0.5, 0.6) is 0 Å². The van der Waals surface area contributed by atoms with Gasteiger partial charge in [-0.25, -0.2) is 9.97 Å². The van der Waals surface area contributed by atoms with E-state index in [0.29, 0.717) is 5.82 Å². The molecule has 0 aliphatic carbocycles. The van der Waals surface area contributed by atoms with Gasteiger partial charge in [0.25, 0.3) is 0 Å². The van der Waals surface area contributed by atoms with Crippen LogP contribution in [0, 0.1) is 0 Å². The molecule has 0 unspecified atom stereocenters. The predicted molar refractivity (Wildman–Crippen MR) is 47.3 cm³/mol. The largest absolute Gasteiger partial charge is 0.481 e. The summed E-state index contributed by atoms with van der Waals surface area (Å²) in [5.74, 6) is -0.269. The second kappa shape index (κ2) is 3.51. The SMILES string of the molecule is CC(C)(CC(=O)O)c1ncccn1. The molecule has 0 aromatic carbocycles. The highest BCUT2D eigenvalue weighted by Crippen LogP contribution is 2.22. The van der Waals surface area contributed by atoms with Crippen molar-refractivity contribution in [1.29, 1.82) is 0 Å². The van der Waals surface area contributed by atoms with E-state index in [1.807, 2.05) is 13.8 Å². The average Bonchev–Trinajstić information content (AvgIpc) is 2.04. The Hall–Kier alpha value is -1.45. The summed E-state index contributed by atoms with van der Waals surface area (Å²) in [5.41, 5.74) is -0.507. The molecule has 0 atom stereocenters. The number of carbonyl (C=O) groups is 1. The number of hydrogen-bond acceptors (Lipinski definition) is 3. The van der Waals surface area contributed by atoms with E-state index < -0.39 is 11.4 Å². The molecule has 0 saturated carbocycles. The van der Waals surface area contributed by atoms with E-state index >= 15 is 0 Å². The first kappa shape index (κ1) is 9.64. The van der Waals surface area contributed by atoms with Crippen LogP contribution in [0.1, 0.15) is 26.1 Å². The Morgan fingerprint density at radius 2 is 2.00 bits per heavy atom. The fourth-order valence-corrected chi connectivity index (χ4v) is 1.11. The van der Waals surface area contributed by atoms with Gasteiger partial charge in [-0.1, -0.05) is 13.8 Å². The maximum Gasteiger partial charge on any atom is 0.304 e. The molecule has 1 aromatic rings. The maximum atomic E-state index is 10.5. The third-order valence-corrected chi connectivity index (χ3v) is 1.76. The highest BCUT2D eigenvalue weighted by Gasteiger charge is 2.26. The lowest BCUT2D eigenvalue weighted by atomic mass is 9.88. The molecular weight excluding hydrogens is 168 g/mol. The van der Waals surface area contributed by atoms with Gasteiger partial charge in [0.1, 0.15) is 5.82 Å². The maximum absolute atomic E-state index is 10.5. The molecule has 0 bridgehead atoms. The van der Waals surface area contributed by atoms with Gasteiger partial charge in [-0.05, 0) is 6.07 Å². The molecule has 0 aliphatic rings. The molecule has 70 valence electrons. The summed E-state index contributed by atoms with van der Waals surface area (Å²) in [4.78, 5) is 18.6. The monoisotopic (exact) mass is 180 g/mol. The number of rotatable bonds is 3. The normalized spacial score (nSPS) is 11.2. The summed E-state index contributed by atoms with van der Waals surface area (Å²) in [6, 6.07) is 1.71. The molecule has 1 N–H and O–H groups in total. The first-order valence-electron chi connectivity index (χ1n) is 4.02. The lowest BCUT2D eigenvalue weighted by Gasteiger charge is -2.19. The van der Waals surface area contributed by atoms with Crippen molar-refractivity contribution in [2.45, 2.75) is 25.7 Å². The number of carboxylic acid groups (broad SMARTS) is 1. The number of aromatic nitrogens is 2. The molecule has 0 radical (unpaired) electrons. The average molecular weight is 180 g/mol. The fourth-order valence-electron chi connectivity index (χ4n) is 1.11. The Labute approximate surface area is 76.7 Å². The summed E-state index contributed by atoms with van der Waals surface area (Å²) in [6.07, 6.45) is 3.27. The quantitative estimate of drug-likeness (QED) is 0.759. The molecule has 0 saturated heterocycles. The van der Waals surface area contributed by atoms with Crippen LogP contribution >= 0.6 is 0 Å². The van der Waals surface area contributed by atoms with Crippen molar-refractivity contribution in [3.8, 4) is 0 Å². The first-order valence-corrected chi connectivity index (χ1v) is 4.02.